The van der Waals surface area contributed by atoms with Crippen molar-refractivity contribution in [2.45, 2.75) is 90.3 Å². The summed E-state index contributed by atoms with van der Waals surface area (Å²) in [6.07, 6.45) is 8.83. The summed E-state index contributed by atoms with van der Waals surface area (Å²) in [5.74, 6) is -0.437. The molecule has 0 radical (unpaired) electrons. The molecule has 2 nitrogen and oxygen atoms in total. The highest BCUT2D eigenvalue weighted by Crippen LogP contribution is 2.22. The molecule has 0 N–H and O–H groups in total. The van der Waals surface area contributed by atoms with Gasteiger partial charge in [-0.2, -0.15) is 0 Å². The first-order valence-electron chi connectivity index (χ1n) is 7.96. The van der Waals surface area contributed by atoms with Gasteiger partial charge in [0.1, 0.15) is 12.3 Å². The zero-order chi connectivity index (χ0) is 14.1. The molecule has 0 saturated heterocycles. The van der Waals surface area contributed by atoms with E-state index in [0.717, 1.165) is 25.7 Å². The first kappa shape index (κ1) is 16.5. The van der Waals surface area contributed by atoms with Crippen LogP contribution in [0.5, 0.6) is 0 Å². The molecule has 1 rings (SSSR count). The van der Waals surface area contributed by atoms with Crippen LogP contribution in [-0.2, 0) is 9.53 Å². The fraction of sp³-hybridized carbons (Fsp3) is 0.938. The second kappa shape index (κ2) is 9.33. The molecule has 0 bridgehead atoms. The molecule has 1 aliphatic rings. The van der Waals surface area contributed by atoms with Crippen molar-refractivity contribution in [1.82, 2.24) is 0 Å². The van der Waals surface area contributed by atoms with Crippen LogP contribution in [0.1, 0.15) is 78.1 Å². The smallest absolute Gasteiger partial charge is 0.308 e. The summed E-state index contributed by atoms with van der Waals surface area (Å²) in [4.78, 5) is 11.6. The predicted molar refractivity (Wildman–Crippen MR) is 75.8 cm³/mol. The van der Waals surface area contributed by atoms with Crippen LogP contribution in [0.4, 0.5) is 4.39 Å². The number of carbonyl (C=O) groups excluding carboxylic acids is 1. The molecule has 0 spiro atoms. The number of alkyl halides is 1. The summed E-state index contributed by atoms with van der Waals surface area (Å²) in [6.45, 7) is 3.59. The summed E-state index contributed by atoms with van der Waals surface area (Å²) >= 11 is 0. The van der Waals surface area contributed by atoms with Gasteiger partial charge in [-0.15, -0.1) is 0 Å². The normalized spacial score (nSPS) is 27.4. The summed E-state index contributed by atoms with van der Waals surface area (Å²) in [5, 5.41) is 0. The van der Waals surface area contributed by atoms with Crippen molar-refractivity contribution < 1.29 is 13.9 Å². The molecule has 0 aromatic rings. The summed E-state index contributed by atoms with van der Waals surface area (Å²) in [6, 6.07) is 0. The van der Waals surface area contributed by atoms with Gasteiger partial charge in [0.2, 0.25) is 0 Å². The summed E-state index contributed by atoms with van der Waals surface area (Å²) in [5.41, 5.74) is 0. The van der Waals surface area contributed by atoms with Gasteiger partial charge in [0.15, 0.2) is 0 Å². The molecule has 3 heteroatoms. The Morgan fingerprint density at radius 1 is 0.947 bits per heavy atom. The van der Waals surface area contributed by atoms with Crippen LogP contribution >= 0.6 is 0 Å². The SMILES string of the molecule is CC(C)C(=O)OC1CCCCCCCCCC[C@H]1F. The Morgan fingerprint density at radius 2 is 1.42 bits per heavy atom. The van der Waals surface area contributed by atoms with Gasteiger partial charge in [-0.25, -0.2) is 4.39 Å². The van der Waals surface area contributed by atoms with E-state index < -0.39 is 12.3 Å². The number of hydrogen-bond donors (Lipinski definition) is 0. The molecule has 0 aliphatic heterocycles. The van der Waals surface area contributed by atoms with E-state index in [1.165, 1.54) is 25.7 Å². The van der Waals surface area contributed by atoms with Gasteiger partial charge in [-0.1, -0.05) is 58.8 Å². The standard InChI is InChI=1S/C16H29FO2/c1-13(2)16(18)19-15-12-10-8-6-4-3-5-7-9-11-14(15)17/h13-15H,3-12H2,1-2H3/t14-,15?/m1/s1. The second-order valence-corrected chi connectivity index (χ2v) is 6.05. The molecule has 1 saturated carbocycles. The average Bonchev–Trinajstić information content (AvgIpc) is 2.37. The summed E-state index contributed by atoms with van der Waals surface area (Å²) < 4.78 is 19.5. The van der Waals surface area contributed by atoms with Crippen LogP contribution in [0.3, 0.4) is 0 Å². The van der Waals surface area contributed by atoms with Crippen LogP contribution < -0.4 is 0 Å². The van der Waals surface area contributed by atoms with E-state index in [1.807, 2.05) is 0 Å². The predicted octanol–water partition coefficient (Wildman–Crippen LogP) is 4.81. The van der Waals surface area contributed by atoms with Crippen LogP contribution in [0.2, 0.25) is 0 Å². The van der Waals surface area contributed by atoms with E-state index in [2.05, 4.69) is 0 Å². The summed E-state index contributed by atoms with van der Waals surface area (Å²) in [7, 11) is 0. The number of hydrogen-bond acceptors (Lipinski definition) is 2. The monoisotopic (exact) mass is 272 g/mol. The van der Waals surface area contributed by atoms with Crippen LogP contribution in [0, 0.1) is 5.92 Å². The van der Waals surface area contributed by atoms with Gasteiger partial charge in [0, 0.05) is 0 Å². The van der Waals surface area contributed by atoms with Crippen LogP contribution in [0.15, 0.2) is 0 Å². The lowest BCUT2D eigenvalue weighted by Gasteiger charge is -2.23. The van der Waals surface area contributed by atoms with Crippen molar-refractivity contribution in [3.63, 3.8) is 0 Å². The highest BCUT2D eigenvalue weighted by atomic mass is 19.1. The molecule has 2 atom stereocenters. The lowest BCUT2D eigenvalue weighted by Crippen LogP contribution is -2.30. The lowest BCUT2D eigenvalue weighted by molar-refractivity contribution is -0.157. The zero-order valence-electron chi connectivity index (χ0n) is 12.5. The van der Waals surface area contributed by atoms with Crippen molar-refractivity contribution >= 4 is 5.97 Å². The first-order valence-corrected chi connectivity index (χ1v) is 7.96. The maximum Gasteiger partial charge on any atom is 0.308 e. The largest absolute Gasteiger partial charge is 0.459 e. The fourth-order valence-electron chi connectivity index (χ4n) is 2.53. The third-order valence-electron chi connectivity index (χ3n) is 3.86. The molecule has 1 unspecified atom stereocenters. The third kappa shape index (κ3) is 6.93. The number of ether oxygens (including phenoxy) is 1. The second-order valence-electron chi connectivity index (χ2n) is 6.05. The maximum atomic E-state index is 14.2. The number of halogens is 1. The number of esters is 1. The van der Waals surface area contributed by atoms with Crippen molar-refractivity contribution in [2.24, 2.45) is 5.92 Å². The van der Waals surface area contributed by atoms with E-state index >= 15 is 0 Å². The van der Waals surface area contributed by atoms with Gasteiger partial charge in [-0.05, 0) is 19.3 Å². The lowest BCUT2D eigenvalue weighted by atomic mass is 9.98. The average molecular weight is 272 g/mol. The zero-order valence-corrected chi connectivity index (χ0v) is 12.5. The molecule has 112 valence electrons. The van der Waals surface area contributed by atoms with Gasteiger partial charge in [0.25, 0.3) is 0 Å². The third-order valence-corrected chi connectivity index (χ3v) is 3.86. The Balaban J connectivity index is 2.48. The molecule has 0 aromatic heterocycles. The van der Waals surface area contributed by atoms with Crippen molar-refractivity contribution in [3.8, 4) is 0 Å². The van der Waals surface area contributed by atoms with Crippen LogP contribution in [0.25, 0.3) is 0 Å². The van der Waals surface area contributed by atoms with Gasteiger partial charge in [0.05, 0.1) is 5.92 Å². The van der Waals surface area contributed by atoms with Crippen LogP contribution in [-0.4, -0.2) is 18.2 Å². The minimum atomic E-state index is -0.984. The van der Waals surface area contributed by atoms with Gasteiger partial charge >= 0.3 is 5.97 Å². The Hall–Kier alpha value is -0.600. The Kier molecular flexibility index (Phi) is 8.08. The molecule has 19 heavy (non-hydrogen) atoms. The van der Waals surface area contributed by atoms with Crippen molar-refractivity contribution in [1.29, 1.82) is 0 Å². The Labute approximate surface area is 117 Å². The van der Waals surface area contributed by atoms with E-state index in [-0.39, 0.29) is 11.9 Å². The molecule has 1 fully saturated rings. The number of carbonyl (C=O) groups is 1. The Bertz CT molecular complexity index is 253. The Morgan fingerprint density at radius 3 is 1.95 bits per heavy atom. The van der Waals surface area contributed by atoms with E-state index in [1.54, 1.807) is 13.8 Å². The molecule has 0 aromatic carbocycles. The maximum absolute atomic E-state index is 14.2. The molecule has 0 amide bonds. The van der Waals surface area contributed by atoms with Crippen molar-refractivity contribution in [2.75, 3.05) is 0 Å². The van der Waals surface area contributed by atoms with E-state index in [9.17, 15) is 9.18 Å². The molecule has 1 aliphatic carbocycles. The number of rotatable bonds is 2. The minimum absolute atomic E-state index is 0.173. The minimum Gasteiger partial charge on any atom is -0.459 e. The van der Waals surface area contributed by atoms with E-state index in [4.69, 9.17) is 4.74 Å². The van der Waals surface area contributed by atoms with Crippen molar-refractivity contribution in [3.05, 3.63) is 0 Å². The highest BCUT2D eigenvalue weighted by Gasteiger charge is 2.25. The highest BCUT2D eigenvalue weighted by molar-refractivity contribution is 5.71. The van der Waals surface area contributed by atoms with E-state index in [0.29, 0.717) is 12.8 Å². The molecular weight excluding hydrogens is 243 g/mol. The molecule has 0 heterocycles. The quantitative estimate of drug-likeness (QED) is 0.674. The first-order chi connectivity index (χ1) is 9.11. The topological polar surface area (TPSA) is 26.3 Å². The van der Waals surface area contributed by atoms with Gasteiger partial charge in [-0.3, -0.25) is 4.79 Å². The fourth-order valence-corrected chi connectivity index (χ4v) is 2.53. The molecular formula is C16H29FO2. The van der Waals surface area contributed by atoms with Gasteiger partial charge < -0.3 is 4.74 Å².